The largest absolute Gasteiger partial charge is 3.00 e. The number of nitrogens with zero attached hydrogens (tertiary/aromatic N) is 4. The standard InChI is InChI=1S/C15H11N2.C9H7N2.CH3.Ir/c1-2-5-13(6-3-1)14-7-9-15(10-8-14)17-12-4-11-16-17;1-2-5-9(6-3-1)11-8-4-7-10-11;;/h1-9,11-12H;1-5,7-8H;1H3;/q3*-1;+3. The molecule has 0 spiro atoms. The van der Waals surface area contributed by atoms with Crippen molar-refractivity contribution in [2.24, 2.45) is 0 Å². The predicted octanol–water partition coefficient (Wildman–Crippen LogP) is 5.46. The molecule has 2 heterocycles. The molecule has 0 atom stereocenters. The van der Waals surface area contributed by atoms with Crippen LogP contribution in [0, 0.1) is 19.6 Å². The molecule has 0 fully saturated rings. The first-order valence-corrected chi connectivity index (χ1v) is 8.94. The quantitative estimate of drug-likeness (QED) is 0.271. The monoisotopic (exact) mass is 570 g/mol. The first kappa shape index (κ1) is 23.0. The van der Waals surface area contributed by atoms with Crippen LogP contribution in [0.3, 0.4) is 0 Å². The molecule has 4 nitrogen and oxygen atoms in total. The van der Waals surface area contributed by atoms with E-state index in [4.69, 9.17) is 0 Å². The van der Waals surface area contributed by atoms with Crippen LogP contribution < -0.4 is 0 Å². The molecule has 0 bridgehead atoms. The van der Waals surface area contributed by atoms with Gasteiger partial charge in [0, 0.05) is 24.8 Å². The fourth-order valence-corrected chi connectivity index (χ4v) is 2.72. The van der Waals surface area contributed by atoms with Gasteiger partial charge in [0.25, 0.3) is 0 Å². The van der Waals surface area contributed by atoms with Crippen molar-refractivity contribution in [3.63, 3.8) is 0 Å². The molecule has 0 saturated carbocycles. The SMILES string of the molecule is [CH3-].[Ir+3].[c-]1cc(-c2ccccc2)ccc1-n1cccn1.[c-]1ccccc1-n1cccn1. The average Bonchev–Trinajstić information content (AvgIpc) is 3.50. The van der Waals surface area contributed by atoms with E-state index in [2.05, 4.69) is 40.5 Å². The summed E-state index contributed by atoms with van der Waals surface area (Å²) in [5, 5.41) is 8.25. The van der Waals surface area contributed by atoms with E-state index in [-0.39, 0.29) is 27.5 Å². The van der Waals surface area contributed by atoms with Crippen LogP contribution in [0.25, 0.3) is 22.5 Å². The van der Waals surface area contributed by atoms with Crippen molar-refractivity contribution >= 4 is 0 Å². The molecule has 30 heavy (non-hydrogen) atoms. The minimum atomic E-state index is 0. The van der Waals surface area contributed by atoms with Crippen LogP contribution in [0.15, 0.2) is 110 Å². The topological polar surface area (TPSA) is 35.6 Å². The fraction of sp³-hybridized carbons (Fsp3) is 0. The molecule has 0 radical (unpaired) electrons. The Balaban J connectivity index is 0.000000216. The van der Waals surface area contributed by atoms with Gasteiger partial charge in [0.2, 0.25) is 0 Å². The molecule has 0 aliphatic heterocycles. The number of para-hydroxylation sites is 1. The molecule has 5 heteroatoms. The Morgan fingerprint density at radius 1 is 0.600 bits per heavy atom. The molecular weight excluding hydrogens is 549 g/mol. The molecule has 0 amide bonds. The van der Waals surface area contributed by atoms with Gasteiger partial charge in [-0.25, -0.2) is 0 Å². The Bertz CT molecular complexity index is 1070. The molecule has 0 saturated heterocycles. The molecule has 0 aliphatic rings. The van der Waals surface area contributed by atoms with Gasteiger partial charge in [0.05, 0.1) is 0 Å². The van der Waals surface area contributed by atoms with Gasteiger partial charge >= 0.3 is 20.1 Å². The zero-order chi connectivity index (χ0) is 19.0. The maximum absolute atomic E-state index is 4.17. The minimum Gasteiger partial charge on any atom is -0.358 e. The van der Waals surface area contributed by atoms with Crippen LogP contribution >= 0.6 is 0 Å². The average molecular weight is 570 g/mol. The first-order chi connectivity index (χ1) is 13.9. The van der Waals surface area contributed by atoms with E-state index < -0.39 is 0 Å². The maximum Gasteiger partial charge on any atom is 3.00 e. The number of rotatable bonds is 3. The van der Waals surface area contributed by atoms with Crippen LogP contribution in [-0.4, -0.2) is 19.6 Å². The van der Waals surface area contributed by atoms with Crippen LogP contribution in [0.5, 0.6) is 0 Å². The first-order valence-electron chi connectivity index (χ1n) is 8.94. The minimum absolute atomic E-state index is 0. The van der Waals surface area contributed by atoms with Crippen molar-refractivity contribution in [3.8, 4) is 22.5 Å². The summed E-state index contributed by atoms with van der Waals surface area (Å²) in [6.45, 7) is 0. The zero-order valence-corrected chi connectivity index (χ0v) is 18.9. The Kier molecular flexibility index (Phi) is 8.95. The number of hydrogen-bond donors (Lipinski definition) is 0. The van der Waals surface area contributed by atoms with Crippen molar-refractivity contribution in [2.75, 3.05) is 0 Å². The normalized spacial score (nSPS) is 9.47. The van der Waals surface area contributed by atoms with Crippen molar-refractivity contribution in [2.45, 2.75) is 0 Å². The summed E-state index contributed by atoms with van der Waals surface area (Å²) in [7, 11) is 0. The second-order valence-electron chi connectivity index (χ2n) is 5.98. The summed E-state index contributed by atoms with van der Waals surface area (Å²) in [5.74, 6) is 0. The Morgan fingerprint density at radius 3 is 1.73 bits per heavy atom. The molecular formula is C25H21IrN4. The fourth-order valence-electron chi connectivity index (χ4n) is 2.72. The predicted molar refractivity (Wildman–Crippen MR) is 117 cm³/mol. The number of aromatic nitrogens is 4. The van der Waals surface area contributed by atoms with E-state index in [1.165, 1.54) is 11.1 Å². The van der Waals surface area contributed by atoms with E-state index in [0.717, 1.165) is 11.4 Å². The van der Waals surface area contributed by atoms with E-state index in [1.54, 1.807) is 21.8 Å². The molecule has 150 valence electrons. The van der Waals surface area contributed by atoms with Crippen LogP contribution in [0.1, 0.15) is 0 Å². The van der Waals surface area contributed by atoms with Gasteiger partial charge < -0.3 is 7.43 Å². The van der Waals surface area contributed by atoms with E-state index in [1.807, 2.05) is 79.1 Å². The van der Waals surface area contributed by atoms with E-state index >= 15 is 0 Å². The summed E-state index contributed by atoms with van der Waals surface area (Å²) in [6.07, 6.45) is 7.32. The molecule has 3 aromatic carbocycles. The van der Waals surface area contributed by atoms with Crippen molar-refractivity contribution in [1.82, 2.24) is 19.6 Å². The van der Waals surface area contributed by atoms with Gasteiger partial charge in [0.1, 0.15) is 0 Å². The second kappa shape index (κ2) is 11.7. The van der Waals surface area contributed by atoms with Crippen LogP contribution in [-0.2, 0) is 20.1 Å². The third-order valence-electron chi connectivity index (χ3n) is 4.10. The summed E-state index contributed by atoms with van der Waals surface area (Å²) in [4.78, 5) is 0. The van der Waals surface area contributed by atoms with Crippen molar-refractivity contribution < 1.29 is 20.1 Å². The summed E-state index contributed by atoms with van der Waals surface area (Å²) in [5.41, 5.74) is 4.30. The van der Waals surface area contributed by atoms with Crippen molar-refractivity contribution in [3.05, 3.63) is 129 Å². The molecule has 0 aliphatic carbocycles. The van der Waals surface area contributed by atoms with Gasteiger partial charge in [0.15, 0.2) is 0 Å². The summed E-state index contributed by atoms with van der Waals surface area (Å²) in [6, 6.07) is 34.2. The smallest absolute Gasteiger partial charge is 0.358 e. The van der Waals surface area contributed by atoms with Gasteiger partial charge in [-0.1, -0.05) is 35.9 Å². The second-order valence-corrected chi connectivity index (χ2v) is 5.98. The third-order valence-corrected chi connectivity index (χ3v) is 4.10. The Labute approximate surface area is 191 Å². The Hall–Kier alpha value is -3.27. The molecule has 5 rings (SSSR count). The van der Waals surface area contributed by atoms with Crippen LogP contribution in [0.2, 0.25) is 0 Å². The third kappa shape index (κ3) is 5.86. The molecule has 0 N–H and O–H groups in total. The molecule has 5 aromatic rings. The van der Waals surface area contributed by atoms with Gasteiger partial charge in [-0.15, -0.1) is 17.7 Å². The zero-order valence-electron chi connectivity index (χ0n) is 16.5. The van der Waals surface area contributed by atoms with E-state index in [9.17, 15) is 0 Å². The molecule has 0 unspecified atom stereocenters. The summed E-state index contributed by atoms with van der Waals surface area (Å²) >= 11 is 0. The Morgan fingerprint density at radius 2 is 1.23 bits per heavy atom. The maximum atomic E-state index is 4.17. The van der Waals surface area contributed by atoms with Gasteiger partial charge in [-0.3, -0.25) is 9.36 Å². The van der Waals surface area contributed by atoms with Gasteiger partial charge in [-0.05, 0) is 23.5 Å². The van der Waals surface area contributed by atoms with Gasteiger partial charge in [-0.2, -0.15) is 52.7 Å². The van der Waals surface area contributed by atoms with Crippen molar-refractivity contribution in [1.29, 1.82) is 0 Å². The van der Waals surface area contributed by atoms with Crippen LogP contribution in [0.4, 0.5) is 0 Å². The number of benzene rings is 3. The number of hydrogen-bond acceptors (Lipinski definition) is 2. The van der Waals surface area contributed by atoms with E-state index in [0.29, 0.717) is 0 Å². The summed E-state index contributed by atoms with van der Waals surface area (Å²) < 4.78 is 3.58. The molecule has 2 aromatic heterocycles.